The lowest BCUT2D eigenvalue weighted by atomic mass is 9.75. The van der Waals surface area contributed by atoms with Crippen molar-refractivity contribution in [1.29, 1.82) is 0 Å². The van der Waals surface area contributed by atoms with Crippen molar-refractivity contribution < 1.29 is 9.59 Å². The monoisotopic (exact) mass is 217 g/mol. The summed E-state index contributed by atoms with van der Waals surface area (Å²) in [6.45, 7) is 2.00. The van der Waals surface area contributed by atoms with Gasteiger partial charge in [-0.15, -0.1) is 0 Å². The first-order chi connectivity index (χ1) is 7.57. The predicted octanol–water partition coefficient (Wildman–Crippen LogP) is 1.67. The Balaban J connectivity index is 2.13. The highest BCUT2D eigenvalue weighted by molar-refractivity contribution is 5.98. The van der Waals surface area contributed by atoms with Gasteiger partial charge in [-0.25, -0.2) is 0 Å². The summed E-state index contributed by atoms with van der Waals surface area (Å²) in [6, 6.07) is 9.97. The zero-order valence-electron chi connectivity index (χ0n) is 9.32. The number of carbonyl (C=O) groups is 2. The zero-order valence-corrected chi connectivity index (χ0v) is 9.32. The van der Waals surface area contributed by atoms with Crippen molar-refractivity contribution >= 4 is 11.8 Å². The summed E-state index contributed by atoms with van der Waals surface area (Å²) in [6.07, 6.45) is 1.62. The molecule has 0 atom stereocenters. The average molecular weight is 217 g/mol. The van der Waals surface area contributed by atoms with Crippen LogP contribution in [0.2, 0.25) is 0 Å². The third kappa shape index (κ3) is 2.48. The number of carbonyl (C=O) groups excluding carboxylic acids is 2. The Bertz CT molecular complexity index is 395. The van der Waals surface area contributed by atoms with E-state index in [0.29, 0.717) is 12.8 Å². The van der Waals surface area contributed by atoms with Crippen LogP contribution in [0.5, 0.6) is 0 Å². The van der Waals surface area contributed by atoms with E-state index in [0.717, 1.165) is 6.42 Å². The van der Waals surface area contributed by atoms with Crippen molar-refractivity contribution in [2.24, 2.45) is 5.41 Å². The minimum atomic E-state index is -0.235. The van der Waals surface area contributed by atoms with Crippen LogP contribution in [0.3, 0.4) is 0 Å². The molecule has 84 valence electrons. The van der Waals surface area contributed by atoms with Gasteiger partial charge in [-0.1, -0.05) is 37.3 Å². The maximum Gasteiger partial charge on any atom is 0.227 e. The maximum atomic E-state index is 11.3. The zero-order chi connectivity index (χ0) is 11.6. The third-order valence-corrected chi connectivity index (χ3v) is 2.93. The fraction of sp³-hybridized carbons (Fsp3) is 0.385. The quantitative estimate of drug-likeness (QED) is 0.766. The van der Waals surface area contributed by atoms with Crippen molar-refractivity contribution in [3.05, 3.63) is 35.9 Å². The normalized spacial score (nSPS) is 19.3. The molecule has 0 saturated carbocycles. The van der Waals surface area contributed by atoms with E-state index in [9.17, 15) is 9.59 Å². The molecule has 16 heavy (non-hydrogen) atoms. The van der Waals surface area contributed by atoms with Crippen molar-refractivity contribution in [3.63, 3.8) is 0 Å². The molecule has 3 nitrogen and oxygen atoms in total. The number of benzene rings is 1. The fourth-order valence-corrected chi connectivity index (χ4v) is 2.30. The standard InChI is InChI=1S/C13H15NO2/c1-13(7-10-5-3-2-4-6-10)8-11(15)14-12(16)9-13/h2-6H,7-9H2,1H3,(H,14,15,16). The summed E-state index contributed by atoms with van der Waals surface area (Å²) in [4.78, 5) is 22.7. The maximum absolute atomic E-state index is 11.3. The molecule has 1 aliphatic heterocycles. The summed E-state index contributed by atoms with van der Waals surface area (Å²) in [5.74, 6) is -0.315. The van der Waals surface area contributed by atoms with Crippen LogP contribution in [-0.2, 0) is 16.0 Å². The molecule has 1 aliphatic rings. The van der Waals surface area contributed by atoms with E-state index in [1.54, 1.807) is 0 Å². The fourth-order valence-electron chi connectivity index (χ4n) is 2.30. The molecule has 1 saturated heterocycles. The van der Waals surface area contributed by atoms with Crippen molar-refractivity contribution in [3.8, 4) is 0 Å². The Labute approximate surface area is 94.9 Å². The first-order valence-electron chi connectivity index (χ1n) is 5.44. The molecular formula is C13H15NO2. The topological polar surface area (TPSA) is 46.2 Å². The van der Waals surface area contributed by atoms with Gasteiger partial charge in [-0.2, -0.15) is 0 Å². The van der Waals surface area contributed by atoms with Gasteiger partial charge in [0.1, 0.15) is 0 Å². The first kappa shape index (κ1) is 10.9. The van der Waals surface area contributed by atoms with Crippen LogP contribution >= 0.6 is 0 Å². The van der Waals surface area contributed by atoms with Gasteiger partial charge < -0.3 is 0 Å². The van der Waals surface area contributed by atoms with Gasteiger partial charge in [0.25, 0.3) is 0 Å². The summed E-state index contributed by atoms with van der Waals surface area (Å²) >= 11 is 0. The highest BCUT2D eigenvalue weighted by Gasteiger charge is 2.35. The van der Waals surface area contributed by atoms with E-state index in [1.165, 1.54) is 5.56 Å². The molecule has 1 heterocycles. The molecule has 0 bridgehead atoms. The molecular weight excluding hydrogens is 202 g/mol. The average Bonchev–Trinajstić information content (AvgIpc) is 2.15. The summed E-state index contributed by atoms with van der Waals surface area (Å²) < 4.78 is 0. The Morgan fingerprint density at radius 3 is 2.25 bits per heavy atom. The molecule has 1 aromatic rings. The number of hydrogen-bond donors (Lipinski definition) is 1. The second-order valence-corrected chi connectivity index (χ2v) is 4.80. The van der Waals surface area contributed by atoms with Crippen LogP contribution in [0.15, 0.2) is 30.3 Å². The van der Waals surface area contributed by atoms with Gasteiger partial charge in [0.15, 0.2) is 0 Å². The van der Waals surface area contributed by atoms with Gasteiger partial charge >= 0.3 is 0 Å². The molecule has 3 heteroatoms. The third-order valence-electron chi connectivity index (χ3n) is 2.93. The minimum Gasteiger partial charge on any atom is -0.296 e. The summed E-state index contributed by atoms with van der Waals surface area (Å²) in [5.41, 5.74) is 0.938. The van der Waals surface area contributed by atoms with Gasteiger partial charge in [-0.3, -0.25) is 14.9 Å². The van der Waals surface area contributed by atoms with Crippen LogP contribution in [0.25, 0.3) is 0 Å². The molecule has 2 amide bonds. The Hall–Kier alpha value is -1.64. The van der Waals surface area contributed by atoms with E-state index < -0.39 is 0 Å². The lowest BCUT2D eigenvalue weighted by Gasteiger charge is -2.32. The molecule has 0 radical (unpaired) electrons. The highest BCUT2D eigenvalue weighted by atomic mass is 16.2. The number of rotatable bonds is 2. The SMILES string of the molecule is CC1(Cc2ccccc2)CC(=O)NC(=O)C1. The molecule has 1 N–H and O–H groups in total. The largest absolute Gasteiger partial charge is 0.296 e. The number of piperidine rings is 1. The molecule has 0 unspecified atom stereocenters. The predicted molar refractivity (Wildman–Crippen MR) is 60.6 cm³/mol. The van der Waals surface area contributed by atoms with Crippen LogP contribution < -0.4 is 5.32 Å². The van der Waals surface area contributed by atoms with Crippen molar-refractivity contribution in [2.75, 3.05) is 0 Å². The summed E-state index contributed by atoms with van der Waals surface area (Å²) in [7, 11) is 0. The summed E-state index contributed by atoms with van der Waals surface area (Å²) in [5, 5.41) is 2.34. The molecule has 0 aromatic heterocycles. The second kappa shape index (κ2) is 4.08. The smallest absolute Gasteiger partial charge is 0.227 e. The minimum absolute atomic E-state index is 0.158. The molecule has 1 aromatic carbocycles. The van der Waals surface area contributed by atoms with Crippen LogP contribution in [-0.4, -0.2) is 11.8 Å². The van der Waals surface area contributed by atoms with E-state index in [1.807, 2.05) is 37.3 Å². The van der Waals surface area contributed by atoms with Crippen molar-refractivity contribution in [1.82, 2.24) is 5.32 Å². The molecule has 0 aliphatic carbocycles. The van der Waals surface area contributed by atoms with Gasteiger partial charge in [0, 0.05) is 12.8 Å². The second-order valence-electron chi connectivity index (χ2n) is 4.80. The lowest BCUT2D eigenvalue weighted by Crippen LogP contribution is -2.44. The Morgan fingerprint density at radius 2 is 1.69 bits per heavy atom. The van der Waals surface area contributed by atoms with Gasteiger partial charge in [0.05, 0.1) is 0 Å². The first-order valence-corrected chi connectivity index (χ1v) is 5.44. The van der Waals surface area contributed by atoms with E-state index in [-0.39, 0.29) is 17.2 Å². The van der Waals surface area contributed by atoms with E-state index in [4.69, 9.17) is 0 Å². The Kier molecular flexibility index (Phi) is 2.77. The number of hydrogen-bond acceptors (Lipinski definition) is 2. The van der Waals surface area contributed by atoms with Gasteiger partial charge in [0.2, 0.25) is 11.8 Å². The van der Waals surface area contributed by atoms with Gasteiger partial charge in [-0.05, 0) is 17.4 Å². The molecule has 2 rings (SSSR count). The highest BCUT2D eigenvalue weighted by Crippen LogP contribution is 2.32. The Morgan fingerprint density at radius 1 is 1.12 bits per heavy atom. The van der Waals surface area contributed by atoms with E-state index >= 15 is 0 Å². The number of amides is 2. The van der Waals surface area contributed by atoms with Crippen LogP contribution in [0, 0.1) is 5.41 Å². The number of imide groups is 1. The molecule has 1 fully saturated rings. The number of nitrogens with one attached hydrogen (secondary N) is 1. The lowest BCUT2D eigenvalue weighted by molar-refractivity contribution is -0.137. The van der Waals surface area contributed by atoms with Crippen LogP contribution in [0.4, 0.5) is 0 Å². The van der Waals surface area contributed by atoms with Crippen LogP contribution in [0.1, 0.15) is 25.3 Å². The van der Waals surface area contributed by atoms with Crippen molar-refractivity contribution in [2.45, 2.75) is 26.2 Å². The molecule has 0 spiro atoms. The van der Waals surface area contributed by atoms with E-state index in [2.05, 4.69) is 5.32 Å².